The number of amides is 1. The van der Waals surface area contributed by atoms with Gasteiger partial charge in [0.15, 0.2) is 10.8 Å². The summed E-state index contributed by atoms with van der Waals surface area (Å²) in [5, 5.41) is 2.83. The van der Waals surface area contributed by atoms with Crippen molar-refractivity contribution in [2.45, 2.75) is 25.4 Å². The maximum atomic E-state index is 12.0. The van der Waals surface area contributed by atoms with Crippen LogP contribution in [-0.4, -0.2) is 38.6 Å². The molecule has 1 amide bonds. The second-order valence-electron chi connectivity index (χ2n) is 4.28. The number of aromatic amines is 1. The van der Waals surface area contributed by atoms with Crippen molar-refractivity contribution < 1.29 is 9.53 Å². The number of H-pyrrole nitrogens is 1. The fraction of sp³-hybridized carbons (Fsp3) is 0.455. The SMILES string of the molecule is O=C(Nc1nc(Cl)c2[nH]cnc2n1)C1CCCCO1. The monoisotopic (exact) mass is 281 g/mol. The van der Waals surface area contributed by atoms with Gasteiger partial charge in [-0.15, -0.1) is 0 Å². The normalized spacial score (nSPS) is 19.5. The van der Waals surface area contributed by atoms with E-state index in [0.29, 0.717) is 24.2 Å². The van der Waals surface area contributed by atoms with Crippen LogP contribution in [0.5, 0.6) is 0 Å². The highest BCUT2D eigenvalue weighted by atomic mass is 35.5. The van der Waals surface area contributed by atoms with Crippen LogP contribution in [-0.2, 0) is 9.53 Å². The van der Waals surface area contributed by atoms with Crippen LogP contribution in [0.25, 0.3) is 11.2 Å². The van der Waals surface area contributed by atoms with Crippen LogP contribution in [0.15, 0.2) is 6.33 Å². The highest BCUT2D eigenvalue weighted by Gasteiger charge is 2.23. The lowest BCUT2D eigenvalue weighted by molar-refractivity contribution is -0.130. The minimum atomic E-state index is -0.439. The van der Waals surface area contributed by atoms with E-state index in [0.717, 1.165) is 12.8 Å². The first-order valence-corrected chi connectivity index (χ1v) is 6.41. The van der Waals surface area contributed by atoms with Crippen molar-refractivity contribution in [3.8, 4) is 0 Å². The molecule has 0 aliphatic carbocycles. The number of hydrogen-bond donors (Lipinski definition) is 2. The van der Waals surface area contributed by atoms with Gasteiger partial charge in [-0.1, -0.05) is 11.6 Å². The van der Waals surface area contributed by atoms with Crippen LogP contribution in [0.2, 0.25) is 5.15 Å². The summed E-state index contributed by atoms with van der Waals surface area (Å²) in [4.78, 5) is 26.9. The first kappa shape index (κ1) is 12.3. The Kier molecular flexibility index (Phi) is 3.31. The molecule has 0 aromatic carbocycles. The van der Waals surface area contributed by atoms with Gasteiger partial charge in [-0.05, 0) is 19.3 Å². The van der Waals surface area contributed by atoms with Crippen molar-refractivity contribution in [3.05, 3.63) is 11.5 Å². The standard InChI is InChI=1S/C11H12ClN5O2/c12-8-7-9(14-5-13-7)16-11(15-8)17-10(18)6-3-1-2-4-19-6/h5-6H,1-4H2,(H2,13,14,15,16,17,18). The molecule has 3 heterocycles. The van der Waals surface area contributed by atoms with Crippen molar-refractivity contribution in [3.63, 3.8) is 0 Å². The van der Waals surface area contributed by atoms with E-state index in [4.69, 9.17) is 16.3 Å². The fourth-order valence-electron chi connectivity index (χ4n) is 1.99. The lowest BCUT2D eigenvalue weighted by Gasteiger charge is -2.21. The molecule has 1 saturated heterocycles. The van der Waals surface area contributed by atoms with E-state index >= 15 is 0 Å². The minimum absolute atomic E-state index is 0.142. The highest BCUT2D eigenvalue weighted by molar-refractivity contribution is 6.33. The van der Waals surface area contributed by atoms with Gasteiger partial charge in [0.25, 0.3) is 5.91 Å². The summed E-state index contributed by atoms with van der Waals surface area (Å²) in [5.74, 6) is -0.102. The molecule has 0 bridgehead atoms. The van der Waals surface area contributed by atoms with Gasteiger partial charge in [0.1, 0.15) is 11.6 Å². The number of carbonyl (C=O) groups is 1. The molecular formula is C11H12ClN5O2. The summed E-state index contributed by atoms with van der Waals surface area (Å²) >= 11 is 5.97. The molecule has 1 fully saturated rings. The maximum absolute atomic E-state index is 12.0. The van der Waals surface area contributed by atoms with Gasteiger partial charge in [0, 0.05) is 6.61 Å². The number of imidazole rings is 1. The Morgan fingerprint density at radius 3 is 3.16 bits per heavy atom. The first-order valence-electron chi connectivity index (χ1n) is 6.03. The number of nitrogens with zero attached hydrogens (tertiary/aromatic N) is 3. The van der Waals surface area contributed by atoms with Gasteiger partial charge in [0.05, 0.1) is 6.33 Å². The number of nitrogens with one attached hydrogen (secondary N) is 2. The summed E-state index contributed by atoms with van der Waals surface area (Å²) in [6, 6.07) is 0. The lowest BCUT2D eigenvalue weighted by atomic mass is 10.1. The second-order valence-corrected chi connectivity index (χ2v) is 4.64. The molecule has 1 aliphatic rings. The molecule has 0 radical (unpaired) electrons. The molecule has 3 rings (SSSR count). The van der Waals surface area contributed by atoms with E-state index in [1.165, 1.54) is 6.33 Å². The zero-order chi connectivity index (χ0) is 13.2. The van der Waals surface area contributed by atoms with Crippen LogP contribution >= 0.6 is 11.6 Å². The molecule has 7 nitrogen and oxygen atoms in total. The number of fused-ring (bicyclic) bond motifs is 1. The van der Waals surface area contributed by atoms with E-state index in [9.17, 15) is 4.79 Å². The summed E-state index contributed by atoms with van der Waals surface area (Å²) in [5.41, 5.74) is 0.966. The summed E-state index contributed by atoms with van der Waals surface area (Å²) in [6.45, 7) is 0.609. The average Bonchev–Trinajstić information content (AvgIpc) is 2.88. The molecule has 100 valence electrons. The quantitative estimate of drug-likeness (QED) is 0.814. The summed E-state index contributed by atoms with van der Waals surface area (Å²) < 4.78 is 5.39. The summed E-state index contributed by atoms with van der Waals surface area (Å²) in [7, 11) is 0. The number of carbonyl (C=O) groups excluding carboxylic acids is 1. The van der Waals surface area contributed by atoms with Gasteiger partial charge in [-0.3, -0.25) is 10.1 Å². The number of anilines is 1. The van der Waals surface area contributed by atoms with Gasteiger partial charge in [-0.25, -0.2) is 4.98 Å². The Balaban J connectivity index is 1.78. The zero-order valence-electron chi connectivity index (χ0n) is 10.0. The third-order valence-electron chi connectivity index (χ3n) is 2.95. The number of ether oxygens (including phenoxy) is 1. The second kappa shape index (κ2) is 5.10. The molecular weight excluding hydrogens is 270 g/mol. The van der Waals surface area contributed by atoms with E-state index < -0.39 is 6.10 Å². The molecule has 1 aliphatic heterocycles. The first-order chi connectivity index (χ1) is 9.24. The Morgan fingerprint density at radius 1 is 1.47 bits per heavy atom. The van der Waals surface area contributed by atoms with E-state index in [1.54, 1.807) is 0 Å². The van der Waals surface area contributed by atoms with Gasteiger partial charge in [0.2, 0.25) is 5.95 Å². The predicted octanol–water partition coefficient (Wildman–Crippen LogP) is 1.51. The Bertz CT molecular complexity index is 608. The van der Waals surface area contributed by atoms with Crippen LogP contribution in [0.4, 0.5) is 5.95 Å². The average molecular weight is 282 g/mol. The Labute approximate surface area is 113 Å². The maximum Gasteiger partial charge on any atom is 0.255 e. The molecule has 1 atom stereocenters. The van der Waals surface area contributed by atoms with Gasteiger partial charge >= 0.3 is 0 Å². The minimum Gasteiger partial charge on any atom is -0.368 e. The number of rotatable bonds is 2. The van der Waals surface area contributed by atoms with Crippen molar-refractivity contribution in [2.75, 3.05) is 11.9 Å². The molecule has 0 spiro atoms. The zero-order valence-corrected chi connectivity index (χ0v) is 10.8. The van der Waals surface area contributed by atoms with Gasteiger partial charge < -0.3 is 9.72 Å². The molecule has 2 aromatic heterocycles. The van der Waals surface area contributed by atoms with E-state index in [2.05, 4.69) is 25.3 Å². The van der Waals surface area contributed by atoms with Gasteiger partial charge in [-0.2, -0.15) is 9.97 Å². The lowest BCUT2D eigenvalue weighted by Crippen LogP contribution is -2.33. The fourth-order valence-corrected chi connectivity index (χ4v) is 2.21. The van der Waals surface area contributed by atoms with Crippen LogP contribution in [0.3, 0.4) is 0 Å². The van der Waals surface area contributed by atoms with Crippen molar-refractivity contribution >= 4 is 34.6 Å². The molecule has 1 unspecified atom stereocenters. The third-order valence-corrected chi connectivity index (χ3v) is 3.22. The number of hydrogen-bond acceptors (Lipinski definition) is 5. The number of halogens is 1. The topological polar surface area (TPSA) is 92.8 Å². The van der Waals surface area contributed by atoms with Crippen LogP contribution < -0.4 is 5.32 Å². The Hall–Kier alpha value is -1.73. The van der Waals surface area contributed by atoms with E-state index in [1.807, 2.05) is 0 Å². The predicted molar refractivity (Wildman–Crippen MR) is 68.9 cm³/mol. The molecule has 2 aromatic rings. The van der Waals surface area contributed by atoms with Crippen LogP contribution in [0, 0.1) is 0 Å². The van der Waals surface area contributed by atoms with E-state index in [-0.39, 0.29) is 17.0 Å². The van der Waals surface area contributed by atoms with Crippen molar-refractivity contribution in [1.82, 2.24) is 19.9 Å². The largest absolute Gasteiger partial charge is 0.368 e. The number of aromatic nitrogens is 4. The molecule has 0 saturated carbocycles. The Morgan fingerprint density at radius 2 is 2.37 bits per heavy atom. The van der Waals surface area contributed by atoms with Crippen LogP contribution in [0.1, 0.15) is 19.3 Å². The van der Waals surface area contributed by atoms with Crippen molar-refractivity contribution in [2.24, 2.45) is 0 Å². The molecule has 8 heteroatoms. The molecule has 2 N–H and O–H groups in total. The summed E-state index contributed by atoms with van der Waals surface area (Å²) in [6.07, 6.45) is 3.72. The van der Waals surface area contributed by atoms with Crippen molar-refractivity contribution in [1.29, 1.82) is 0 Å². The molecule has 19 heavy (non-hydrogen) atoms. The smallest absolute Gasteiger partial charge is 0.255 e. The highest BCUT2D eigenvalue weighted by Crippen LogP contribution is 2.19. The third kappa shape index (κ3) is 2.52.